The normalized spacial score (nSPS) is 10.0. The van der Waals surface area contributed by atoms with Crippen LogP contribution in [0.2, 0.25) is 0 Å². The highest BCUT2D eigenvalue weighted by atomic mass is 16.5. The number of carbonyl (C=O) groups is 2. The minimum absolute atomic E-state index is 0.0397. The van der Waals surface area contributed by atoms with Crippen molar-refractivity contribution in [3.63, 3.8) is 0 Å². The molecule has 0 saturated heterocycles. The van der Waals surface area contributed by atoms with E-state index in [1.165, 1.54) is 12.0 Å². The summed E-state index contributed by atoms with van der Waals surface area (Å²) >= 11 is 0. The van der Waals surface area contributed by atoms with E-state index in [1.54, 1.807) is 7.05 Å². The van der Waals surface area contributed by atoms with Crippen molar-refractivity contribution in [3.8, 4) is 5.75 Å². The maximum absolute atomic E-state index is 11.9. The number of esters is 1. The predicted molar refractivity (Wildman–Crippen MR) is 75.7 cm³/mol. The van der Waals surface area contributed by atoms with Gasteiger partial charge in [-0.2, -0.15) is 0 Å². The lowest BCUT2D eigenvalue weighted by Crippen LogP contribution is -2.33. The lowest BCUT2D eigenvalue weighted by molar-refractivity contribution is -0.141. The molecule has 20 heavy (non-hydrogen) atoms. The molecule has 1 rings (SSSR count). The number of hydrogen-bond acceptors (Lipinski definition) is 4. The summed E-state index contributed by atoms with van der Waals surface area (Å²) in [6.07, 6.45) is 0.183. The van der Waals surface area contributed by atoms with Crippen LogP contribution in [0.4, 0.5) is 0 Å². The monoisotopic (exact) mass is 279 g/mol. The number of aryl methyl sites for hydroxylation is 1. The SMILES string of the molecule is COC(=O)CCN(C)C(=O)COc1cccc(C)c1C. The van der Waals surface area contributed by atoms with Gasteiger partial charge < -0.3 is 14.4 Å². The number of ether oxygens (including phenoxy) is 2. The second kappa shape index (κ2) is 7.53. The van der Waals surface area contributed by atoms with E-state index in [9.17, 15) is 9.59 Å². The molecule has 0 aromatic heterocycles. The van der Waals surface area contributed by atoms with Gasteiger partial charge in [0, 0.05) is 13.6 Å². The minimum atomic E-state index is -0.333. The highest BCUT2D eigenvalue weighted by Crippen LogP contribution is 2.20. The van der Waals surface area contributed by atoms with Crippen LogP contribution in [0.25, 0.3) is 0 Å². The number of hydrogen-bond donors (Lipinski definition) is 0. The van der Waals surface area contributed by atoms with Gasteiger partial charge >= 0.3 is 5.97 Å². The Bertz CT molecular complexity index is 485. The molecule has 110 valence electrons. The average molecular weight is 279 g/mol. The molecule has 0 aliphatic rings. The van der Waals surface area contributed by atoms with Gasteiger partial charge in [0.15, 0.2) is 6.61 Å². The Hall–Kier alpha value is -2.04. The average Bonchev–Trinajstić information content (AvgIpc) is 2.45. The predicted octanol–water partition coefficient (Wildman–Crippen LogP) is 1.70. The molecule has 5 heteroatoms. The van der Waals surface area contributed by atoms with Gasteiger partial charge in [-0.3, -0.25) is 9.59 Å². The lowest BCUT2D eigenvalue weighted by Gasteiger charge is -2.17. The van der Waals surface area contributed by atoms with E-state index < -0.39 is 0 Å². The number of rotatable bonds is 6. The van der Waals surface area contributed by atoms with Crippen LogP contribution in [-0.2, 0) is 14.3 Å². The van der Waals surface area contributed by atoms with E-state index in [4.69, 9.17) is 4.74 Å². The fourth-order valence-electron chi connectivity index (χ4n) is 1.62. The highest BCUT2D eigenvalue weighted by molar-refractivity contribution is 5.78. The summed E-state index contributed by atoms with van der Waals surface area (Å²) in [6, 6.07) is 5.72. The van der Waals surface area contributed by atoms with E-state index >= 15 is 0 Å². The second-order valence-electron chi connectivity index (χ2n) is 4.63. The molecule has 0 radical (unpaired) electrons. The summed E-state index contributed by atoms with van der Waals surface area (Å²) in [6.45, 7) is 4.23. The van der Waals surface area contributed by atoms with Crippen LogP contribution in [0.3, 0.4) is 0 Å². The molecule has 0 bridgehead atoms. The number of methoxy groups -OCH3 is 1. The zero-order valence-electron chi connectivity index (χ0n) is 12.4. The van der Waals surface area contributed by atoms with Gasteiger partial charge in [0.05, 0.1) is 13.5 Å². The summed E-state index contributed by atoms with van der Waals surface area (Å²) in [5, 5.41) is 0. The number of amides is 1. The van der Waals surface area contributed by atoms with Gasteiger partial charge in [-0.05, 0) is 31.0 Å². The van der Waals surface area contributed by atoms with E-state index in [-0.39, 0.29) is 24.9 Å². The molecule has 0 atom stereocenters. The van der Waals surface area contributed by atoms with Crippen molar-refractivity contribution < 1.29 is 19.1 Å². The number of nitrogens with zero attached hydrogens (tertiary/aromatic N) is 1. The van der Waals surface area contributed by atoms with Gasteiger partial charge in [0.2, 0.25) is 0 Å². The molecule has 0 heterocycles. The van der Waals surface area contributed by atoms with Crippen molar-refractivity contribution in [2.45, 2.75) is 20.3 Å². The summed E-state index contributed by atoms with van der Waals surface area (Å²) < 4.78 is 10.1. The van der Waals surface area contributed by atoms with Crippen molar-refractivity contribution in [3.05, 3.63) is 29.3 Å². The summed E-state index contributed by atoms with van der Waals surface area (Å²) in [4.78, 5) is 24.3. The molecule has 0 fully saturated rings. The maximum atomic E-state index is 11.9. The first-order chi connectivity index (χ1) is 9.45. The van der Waals surface area contributed by atoms with E-state index in [0.29, 0.717) is 12.3 Å². The zero-order chi connectivity index (χ0) is 15.1. The Balaban J connectivity index is 2.46. The van der Waals surface area contributed by atoms with Crippen LogP contribution in [-0.4, -0.2) is 44.1 Å². The van der Waals surface area contributed by atoms with Gasteiger partial charge in [0.1, 0.15) is 5.75 Å². The standard InChI is InChI=1S/C15H21NO4/c1-11-6-5-7-13(12(11)2)20-10-14(17)16(3)9-8-15(18)19-4/h5-7H,8-10H2,1-4H3. The first-order valence-electron chi connectivity index (χ1n) is 6.45. The molecule has 0 saturated carbocycles. The zero-order valence-corrected chi connectivity index (χ0v) is 12.4. The molecular weight excluding hydrogens is 258 g/mol. The fraction of sp³-hybridized carbons (Fsp3) is 0.467. The number of carbonyl (C=O) groups excluding carboxylic acids is 2. The van der Waals surface area contributed by atoms with Crippen LogP contribution < -0.4 is 4.74 Å². The van der Waals surface area contributed by atoms with Crippen molar-refractivity contribution in [2.75, 3.05) is 27.3 Å². The topological polar surface area (TPSA) is 55.8 Å². The molecule has 1 aromatic carbocycles. The second-order valence-corrected chi connectivity index (χ2v) is 4.63. The molecule has 5 nitrogen and oxygen atoms in total. The Morgan fingerprint density at radius 1 is 1.25 bits per heavy atom. The van der Waals surface area contributed by atoms with E-state index in [1.807, 2.05) is 32.0 Å². The third-order valence-corrected chi connectivity index (χ3v) is 3.21. The molecule has 1 aromatic rings. The highest BCUT2D eigenvalue weighted by Gasteiger charge is 2.12. The van der Waals surface area contributed by atoms with Crippen molar-refractivity contribution >= 4 is 11.9 Å². The van der Waals surface area contributed by atoms with Crippen LogP contribution in [0, 0.1) is 13.8 Å². The third-order valence-electron chi connectivity index (χ3n) is 3.21. The van der Waals surface area contributed by atoms with Gasteiger partial charge in [-0.1, -0.05) is 12.1 Å². The molecule has 0 N–H and O–H groups in total. The van der Waals surface area contributed by atoms with Crippen molar-refractivity contribution in [1.29, 1.82) is 0 Å². The number of likely N-dealkylation sites (N-methyl/N-ethyl adjacent to an activating group) is 1. The molecular formula is C15H21NO4. The quantitative estimate of drug-likeness (QED) is 0.744. The Kier molecular flexibility index (Phi) is 6.03. The Morgan fingerprint density at radius 2 is 1.95 bits per heavy atom. The fourth-order valence-corrected chi connectivity index (χ4v) is 1.62. The largest absolute Gasteiger partial charge is 0.483 e. The lowest BCUT2D eigenvalue weighted by atomic mass is 10.1. The van der Waals surface area contributed by atoms with Crippen LogP contribution >= 0.6 is 0 Å². The van der Waals surface area contributed by atoms with Gasteiger partial charge in [-0.25, -0.2) is 0 Å². The molecule has 1 amide bonds. The summed E-state index contributed by atoms with van der Waals surface area (Å²) in [5.41, 5.74) is 2.14. The van der Waals surface area contributed by atoms with Crippen LogP contribution in [0.15, 0.2) is 18.2 Å². The van der Waals surface area contributed by atoms with Crippen LogP contribution in [0.5, 0.6) is 5.75 Å². The van der Waals surface area contributed by atoms with Crippen LogP contribution in [0.1, 0.15) is 17.5 Å². The first-order valence-corrected chi connectivity index (χ1v) is 6.45. The summed E-state index contributed by atoms with van der Waals surface area (Å²) in [7, 11) is 2.96. The number of benzene rings is 1. The van der Waals surface area contributed by atoms with E-state index in [0.717, 1.165) is 11.1 Å². The van der Waals surface area contributed by atoms with Crippen molar-refractivity contribution in [2.24, 2.45) is 0 Å². The molecule has 0 spiro atoms. The molecule has 0 aliphatic carbocycles. The summed E-state index contributed by atoms with van der Waals surface area (Å²) in [5.74, 6) is 0.203. The molecule has 0 unspecified atom stereocenters. The van der Waals surface area contributed by atoms with Gasteiger partial charge in [0.25, 0.3) is 5.91 Å². The first kappa shape index (κ1) is 16.0. The minimum Gasteiger partial charge on any atom is -0.483 e. The third kappa shape index (κ3) is 4.57. The van der Waals surface area contributed by atoms with Gasteiger partial charge in [-0.15, -0.1) is 0 Å². The van der Waals surface area contributed by atoms with E-state index in [2.05, 4.69) is 4.74 Å². The molecule has 0 aliphatic heterocycles. The smallest absolute Gasteiger partial charge is 0.307 e. The Morgan fingerprint density at radius 3 is 2.60 bits per heavy atom. The Labute approximate surface area is 119 Å². The van der Waals surface area contributed by atoms with Crippen molar-refractivity contribution in [1.82, 2.24) is 4.90 Å². The maximum Gasteiger partial charge on any atom is 0.307 e.